The highest BCUT2D eigenvalue weighted by Gasteiger charge is 2.03. The van der Waals surface area contributed by atoms with Crippen molar-refractivity contribution in [3.63, 3.8) is 0 Å². The number of rotatable bonds is 2. The van der Waals surface area contributed by atoms with E-state index in [1.54, 1.807) is 18.2 Å². The first kappa shape index (κ1) is 12.1. The number of pyridine rings is 1. The van der Waals surface area contributed by atoms with Crippen LogP contribution in [0.3, 0.4) is 0 Å². The molecule has 1 heterocycles. The predicted molar refractivity (Wildman–Crippen MR) is 65.7 cm³/mol. The van der Waals surface area contributed by atoms with Crippen LogP contribution in [0.25, 0.3) is 0 Å². The Balaban J connectivity index is 2.38. The van der Waals surface area contributed by atoms with Crippen LogP contribution < -0.4 is 5.56 Å². The molecule has 2 rings (SSSR count). The highest BCUT2D eigenvalue weighted by atomic mass is 19.1. The van der Waals surface area contributed by atoms with Crippen molar-refractivity contribution in [2.45, 2.75) is 13.5 Å². The SMILES string of the molecule is Cc1cc(C#N)ccc1Cn1cc(F)ccc1=O. The van der Waals surface area contributed by atoms with Crippen molar-refractivity contribution in [3.8, 4) is 6.07 Å². The first-order valence-corrected chi connectivity index (χ1v) is 5.46. The monoisotopic (exact) mass is 242 g/mol. The lowest BCUT2D eigenvalue weighted by atomic mass is 10.1. The van der Waals surface area contributed by atoms with Crippen LogP contribution in [0.1, 0.15) is 16.7 Å². The first-order valence-electron chi connectivity index (χ1n) is 5.46. The van der Waals surface area contributed by atoms with Gasteiger partial charge in [-0.15, -0.1) is 0 Å². The topological polar surface area (TPSA) is 45.8 Å². The highest BCUT2D eigenvalue weighted by Crippen LogP contribution is 2.11. The van der Waals surface area contributed by atoms with Crippen LogP contribution in [0.4, 0.5) is 4.39 Å². The molecule has 0 aliphatic heterocycles. The maximum absolute atomic E-state index is 13.1. The smallest absolute Gasteiger partial charge is 0.251 e. The Hall–Kier alpha value is -2.41. The number of hydrogen-bond acceptors (Lipinski definition) is 2. The number of hydrogen-bond donors (Lipinski definition) is 0. The quantitative estimate of drug-likeness (QED) is 0.810. The zero-order valence-electron chi connectivity index (χ0n) is 9.85. The largest absolute Gasteiger partial charge is 0.308 e. The number of nitrogens with zero attached hydrogens (tertiary/aromatic N) is 2. The van der Waals surface area contributed by atoms with E-state index in [1.165, 1.54) is 16.8 Å². The molecule has 0 atom stereocenters. The van der Waals surface area contributed by atoms with Crippen LogP contribution in [-0.2, 0) is 6.54 Å². The third-order valence-electron chi connectivity index (χ3n) is 2.76. The van der Waals surface area contributed by atoms with Gasteiger partial charge in [-0.2, -0.15) is 5.26 Å². The number of nitriles is 1. The third kappa shape index (κ3) is 2.46. The molecule has 4 heteroatoms. The van der Waals surface area contributed by atoms with Crippen LogP contribution in [-0.4, -0.2) is 4.57 Å². The number of aromatic nitrogens is 1. The molecular formula is C14H11FN2O. The molecule has 0 bridgehead atoms. The Morgan fingerprint density at radius 1 is 1.33 bits per heavy atom. The van der Waals surface area contributed by atoms with E-state index in [0.29, 0.717) is 12.1 Å². The third-order valence-corrected chi connectivity index (χ3v) is 2.76. The molecule has 0 spiro atoms. The fourth-order valence-electron chi connectivity index (χ4n) is 1.75. The highest BCUT2D eigenvalue weighted by molar-refractivity contribution is 5.37. The predicted octanol–water partition coefficient (Wildman–Crippen LogP) is 2.22. The van der Waals surface area contributed by atoms with Gasteiger partial charge in [0, 0.05) is 12.3 Å². The molecular weight excluding hydrogens is 231 g/mol. The summed E-state index contributed by atoms with van der Waals surface area (Å²) in [6, 6.07) is 9.62. The van der Waals surface area contributed by atoms with E-state index in [4.69, 9.17) is 5.26 Å². The Labute approximate surface area is 104 Å². The summed E-state index contributed by atoms with van der Waals surface area (Å²) in [4.78, 5) is 11.6. The van der Waals surface area contributed by atoms with Gasteiger partial charge in [0.2, 0.25) is 0 Å². The van der Waals surface area contributed by atoms with Crippen LogP contribution in [0, 0.1) is 24.1 Å². The lowest BCUT2D eigenvalue weighted by Gasteiger charge is -2.08. The summed E-state index contributed by atoms with van der Waals surface area (Å²) >= 11 is 0. The van der Waals surface area contributed by atoms with Gasteiger partial charge in [0.05, 0.1) is 18.2 Å². The van der Waals surface area contributed by atoms with Crippen molar-refractivity contribution in [1.29, 1.82) is 5.26 Å². The zero-order valence-corrected chi connectivity index (χ0v) is 9.85. The maximum Gasteiger partial charge on any atom is 0.251 e. The van der Waals surface area contributed by atoms with E-state index in [1.807, 2.05) is 6.92 Å². The van der Waals surface area contributed by atoms with E-state index in [0.717, 1.165) is 17.2 Å². The van der Waals surface area contributed by atoms with E-state index in [2.05, 4.69) is 6.07 Å². The van der Waals surface area contributed by atoms with Gasteiger partial charge < -0.3 is 4.57 Å². The van der Waals surface area contributed by atoms with E-state index in [9.17, 15) is 9.18 Å². The number of aryl methyl sites for hydroxylation is 1. The number of benzene rings is 1. The summed E-state index contributed by atoms with van der Waals surface area (Å²) < 4.78 is 14.4. The van der Waals surface area contributed by atoms with Crippen molar-refractivity contribution < 1.29 is 4.39 Å². The second-order valence-corrected chi connectivity index (χ2v) is 4.07. The minimum absolute atomic E-state index is 0.250. The maximum atomic E-state index is 13.1. The van der Waals surface area contributed by atoms with Crippen LogP contribution in [0.5, 0.6) is 0 Å². The lowest BCUT2D eigenvalue weighted by molar-refractivity contribution is 0.595. The molecule has 1 aromatic heterocycles. The van der Waals surface area contributed by atoms with Gasteiger partial charge in [-0.1, -0.05) is 6.07 Å². The average molecular weight is 242 g/mol. The molecule has 0 amide bonds. The second-order valence-electron chi connectivity index (χ2n) is 4.07. The van der Waals surface area contributed by atoms with Crippen LogP contribution >= 0.6 is 0 Å². The van der Waals surface area contributed by atoms with Gasteiger partial charge in [0.25, 0.3) is 5.56 Å². The first-order chi connectivity index (χ1) is 8.60. The molecule has 2 aromatic rings. The minimum atomic E-state index is -0.444. The summed E-state index contributed by atoms with van der Waals surface area (Å²) in [7, 11) is 0. The van der Waals surface area contributed by atoms with E-state index < -0.39 is 5.82 Å². The fourth-order valence-corrected chi connectivity index (χ4v) is 1.75. The molecule has 1 aromatic carbocycles. The summed E-state index contributed by atoms with van der Waals surface area (Å²) in [5.41, 5.74) is 2.12. The molecule has 0 aliphatic carbocycles. The van der Waals surface area contributed by atoms with Crippen molar-refractivity contribution in [2.24, 2.45) is 0 Å². The molecule has 0 fully saturated rings. The van der Waals surface area contributed by atoms with Gasteiger partial charge in [-0.05, 0) is 36.2 Å². The Morgan fingerprint density at radius 3 is 2.78 bits per heavy atom. The average Bonchev–Trinajstić information content (AvgIpc) is 2.36. The standard InChI is InChI=1S/C14H11FN2O/c1-10-6-11(7-16)2-3-12(10)8-17-9-13(15)4-5-14(17)18/h2-6,9H,8H2,1H3. The Kier molecular flexibility index (Phi) is 3.24. The molecule has 90 valence electrons. The molecule has 3 nitrogen and oxygen atoms in total. The molecule has 0 saturated heterocycles. The fraction of sp³-hybridized carbons (Fsp3) is 0.143. The van der Waals surface area contributed by atoms with Gasteiger partial charge >= 0.3 is 0 Å². The van der Waals surface area contributed by atoms with Crippen molar-refractivity contribution >= 4 is 0 Å². The van der Waals surface area contributed by atoms with Gasteiger partial charge in [-0.3, -0.25) is 4.79 Å². The van der Waals surface area contributed by atoms with E-state index >= 15 is 0 Å². The van der Waals surface area contributed by atoms with Crippen molar-refractivity contribution in [1.82, 2.24) is 4.57 Å². The zero-order chi connectivity index (χ0) is 13.1. The Bertz CT molecular complexity index is 683. The molecule has 18 heavy (non-hydrogen) atoms. The summed E-state index contributed by atoms with van der Waals surface area (Å²) in [6.45, 7) is 2.16. The molecule has 0 radical (unpaired) electrons. The van der Waals surface area contributed by atoms with Crippen LogP contribution in [0.2, 0.25) is 0 Å². The normalized spacial score (nSPS) is 10.1. The van der Waals surface area contributed by atoms with Gasteiger partial charge in [0.15, 0.2) is 0 Å². The molecule has 0 unspecified atom stereocenters. The molecule has 0 aliphatic rings. The van der Waals surface area contributed by atoms with Gasteiger partial charge in [0.1, 0.15) is 5.82 Å². The summed E-state index contributed by atoms with van der Waals surface area (Å²) in [5.74, 6) is -0.444. The minimum Gasteiger partial charge on any atom is -0.308 e. The lowest BCUT2D eigenvalue weighted by Crippen LogP contribution is -2.19. The van der Waals surface area contributed by atoms with E-state index in [-0.39, 0.29) is 5.56 Å². The summed E-state index contributed by atoms with van der Waals surface area (Å²) in [6.07, 6.45) is 1.18. The van der Waals surface area contributed by atoms with Crippen molar-refractivity contribution in [3.05, 3.63) is 69.4 Å². The Morgan fingerprint density at radius 2 is 2.11 bits per heavy atom. The molecule has 0 N–H and O–H groups in total. The van der Waals surface area contributed by atoms with Crippen molar-refractivity contribution in [2.75, 3.05) is 0 Å². The summed E-state index contributed by atoms with van der Waals surface area (Å²) in [5, 5.41) is 8.77. The molecule has 0 saturated carbocycles. The van der Waals surface area contributed by atoms with Crippen LogP contribution in [0.15, 0.2) is 41.3 Å². The number of halogens is 1. The second kappa shape index (κ2) is 4.84. The van der Waals surface area contributed by atoms with Gasteiger partial charge in [-0.25, -0.2) is 4.39 Å².